The van der Waals surface area contributed by atoms with Crippen molar-refractivity contribution in [2.75, 3.05) is 5.75 Å². The average Bonchev–Trinajstić information content (AvgIpc) is 2.21. The molecule has 1 nitrogen and oxygen atoms in total. The van der Waals surface area contributed by atoms with Crippen LogP contribution < -0.4 is 5.73 Å². The first-order valence-electron chi connectivity index (χ1n) is 6.15. The van der Waals surface area contributed by atoms with Crippen molar-refractivity contribution in [1.29, 1.82) is 0 Å². The van der Waals surface area contributed by atoms with Crippen molar-refractivity contribution in [2.45, 2.75) is 63.7 Å². The predicted molar refractivity (Wildman–Crippen MR) is 66.8 cm³/mol. The van der Waals surface area contributed by atoms with Crippen LogP contribution in [-0.2, 0) is 0 Å². The lowest BCUT2D eigenvalue weighted by Gasteiger charge is -2.33. The zero-order valence-electron chi connectivity index (χ0n) is 9.67. The van der Waals surface area contributed by atoms with E-state index in [2.05, 4.69) is 25.6 Å². The van der Waals surface area contributed by atoms with Crippen molar-refractivity contribution in [3.63, 3.8) is 0 Å². The molecule has 14 heavy (non-hydrogen) atoms. The van der Waals surface area contributed by atoms with E-state index in [1.54, 1.807) is 0 Å². The quantitative estimate of drug-likeness (QED) is 0.711. The lowest BCUT2D eigenvalue weighted by molar-refractivity contribution is 0.327. The van der Waals surface area contributed by atoms with E-state index in [1.807, 2.05) is 0 Å². The predicted octanol–water partition coefficient (Wildman–Crippen LogP) is 3.43. The Morgan fingerprint density at radius 1 is 1.29 bits per heavy atom. The molecule has 0 heterocycles. The minimum atomic E-state index is 0.472. The summed E-state index contributed by atoms with van der Waals surface area (Å²) < 4.78 is 0. The van der Waals surface area contributed by atoms with Crippen LogP contribution in [0.5, 0.6) is 0 Å². The lowest BCUT2D eigenvalue weighted by atomic mass is 9.84. The van der Waals surface area contributed by atoms with Crippen LogP contribution >= 0.6 is 11.8 Å². The Labute approximate surface area is 93.2 Å². The summed E-state index contributed by atoms with van der Waals surface area (Å²) in [6.45, 7) is 4.57. The molecule has 1 rings (SSSR count). The topological polar surface area (TPSA) is 26.0 Å². The van der Waals surface area contributed by atoms with Gasteiger partial charge in [-0.05, 0) is 37.4 Å². The Hall–Kier alpha value is 0.310. The average molecular weight is 215 g/mol. The Kier molecular flexibility index (Phi) is 5.95. The van der Waals surface area contributed by atoms with E-state index >= 15 is 0 Å². The van der Waals surface area contributed by atoms with Crippen molar-refractivity contribution in [1.82, 2.24) is 0 Å². The van der Waals surface area contributed by atoms with Crippen LogP contribution in [0.2, 0.25) is 0 Å². The third-order valence-corrected chi connectivity index (χ3v) is 4.85. The summed E-state index contributed by atoms with van der Waals surface area (Å²) in [5.74, 6) is 2.26. The van der Waals surface area contributed by atoms with Crippen LogP contribution in [-0.4, -0.2) is 17.0 Å². The molecule has 0 spiro atoms. The van der Waals surface area contributed by atoms with Gasteiger partial charge in [0.2, 0.25) is 0 Å². The standard InChI is InChI=1S/C12H25NS/c1-3-5-8-14-12-9-10(4-2)6-7-11(12)13/h10-12H,3-9,13H2,1-2H3. The maximum absolute atomic E-state index is 6.16. The fourth-order valence-electron chi connectivity index (χ4n) is 2.18. The molecule has 0 saturated heterocycles. The zero-order valence-corrected chi connectivity index (χ0v) is 10.5. The third-order valence-electron chi connectivity index (χ3n) is 3.36. The highest BCUT2D eigenvalue weighted by atomic mass is 32.2. The molecule has 3 atom stereocenters. The molecule has 0 aromatic heterocycles. The van der Waals surface area contributed by atoms with E-state index in [0.717, 1.165) is 11.2 Å². The number of unbranched alkanes of at least 4 members (excludes halogenated alkanes) is 1. The molecule has 1 aliphatic rings. The second-order valence-electron chi connectivity index (χ2n) is 4.51. The Morgan fingerprint density at radius 2 is 2.07 bits per heavy atom. The molecule has 84 valence electrons. The van der Waals surface area contributed by atoms with Crippen molar-refractivity contribution < 1.29 is 0 Å². The summed E-state index contributed by atoms with van der Waals surface area (Å²) in [5.41, 5.74) is 6.16. The van der Waals surface area contributed by atoms with Gasteiger partial charge in [0.05, 0.1) is 0 Å². The second-order valence-corrected chi connectivity index (χ2v) is 5.86. The molecular weight excluding hydrogens is 190 g/mol. The van der Waals surface area contributed by atoms with E-state index in [-0.39, 0.29) is 0 Å². The summed E-state index contributed by atoms with van der Waals surface area (Å²) in [4.78, 5) is 0. The van der Waals surface area contributed by atoms with E-state index in [4.69, 9.17) is 5.73 Å². The van der Waals surface area contributed by atoms with Crippen LogP contribution in [0.3, 0.4) is 0 Å². The maximum atomic E-state index is 6.16. The Bertz CT molecular complexity index is 149. The molecule has 0 bridgehead atoms. The zero-order chi connectivity index (χ0) is 10.4. The molecule has 0 radical (unpaired) electrons. The number of hydrogen-bond acceptors (Lipinski definition) is 2. The second kappa shape index (κ2) is 6.73. The van der Waals surface area contributed by atoms with E-state index in [1.165, 1.54) is 44.3 Å². The SMILES string of the molecule is CCCCSC1CC(CC)CCC1N. The molecule has 2 N–H and O–H groups in total. The van der Waals surface area contributed by atoms with Gasteiger partial charge in [-0.2, -0.15) is 11.8 Å². The first kappa shape index (κ1) is 12.4. The van der Waals surface area contributed by atoms with Gasteiger partial charge in [0.25, 0.3) is 0 Å². The smallest absolute Gasteiger partial charge is 0.0201 e. The number of hydrogen-bond donors (Lipinski definition) is 1. The van der Waals surface area contributed by atoms with Crippen LogP contribution in [0.1, 0.15) is 52.4 Å². The Balaban J connectivity index is 2.25. The van der Waals surface area contributed by atoms with E-state index < -0.39 is 0 Å². The van der Waals surface area contributed by atoms with Gasteiger partial charge in [-0.3, -0.25) is 0 Å². The highest BCUT2D eigenvalue weighted by molar-refractivity contribution is 7.99. The van der Waals surface area contributed by atoms with Crippen molar-refractivity contribution in [3.05, 3.63) is 0 Å². The molecule has 1 fully saturated rings. The molecule has 3 unspecified atom stereocenters. The van der Waals surface area contributed by atoms with E-state index in [9.17, 15) is 0 Å². The molecule has 0 aromatic carbocycles. The number of nitrogens with two attached hydrogens (primary N) is 1. The maximum Gasteiger partial charge on any atom is 0.0201 e. The first-order valence-corrected chi connectivity index (χ1v) is 7.20. The summed E-state index contributed by atoms with van der Waals surface area (Å²) in [6.07, 6.45) is 7.99. The van der Waals surface area contributed by atoms with Crippen molar-refractivity contribution in [2.24, 2.45) is 11.7 Å². The summed E-state index contributed by atoms with van der Waals surface area (Å²) in [5, 5.41) is 0.750. The van der Waals surface area contributed by atoms with Gasteiger partial charge in [0.1, 0.15) is 0 Å². The van der Waals surface area contributed by atoms with Crippen LogP contribution in [0.15, 0.2) is 0 Å². The van der Waals surface area contributed by atoms with Gasteiger partial charge >= 0.3 is 0 Å². The number of thioether (sulfide) groups is 1. The third kappa shape index (κ3) is 3.82. The Morgan fingerprint density at radius 3 is 2.71 bits per heavy atom. The molecule has 0 aliphatic heterocycles. The first-order chi connectivity index (χ1) is 6.77. The molecule has 0 aromatic rings. The minimum absolute atomic E-state index is 0.472. The summed E-state index contributed by atoms with van der Waals surface area (Å²) in [6, 6.07) is 0.472. The summed E-state index contributed by atoms with van der Waals surface area (Å²) >= 11 is 2.12. The number of rotatable bonds is 5. The molecular formula is C12H25NS. The van der Waals surface area contributed by atoms with Gasteiger partial charge in [0.15, 0.2) is 0 Å². The van der Waals surface area contributed by atoms with Crippen LogP contribution in [0.4, 0.5) is 0 Å². The highest BCUT2D eigenvalue weighted by Crippen LogP contribution is 2.33. The fraction of sp³-hybridized carbons (Fsp3) is 1.00. The van der Waals surface area contributed by atoms with Gasteiger partial charge in [-0.15, -0.1) is 0 Å². The molecule has 0 amide bonds. The van der Waals surface area contributed by atoms with Crippen LogP contribution in [0.25, 0.3) is 0 Å². The van der Waals surface area contributed by atoms with E-state index in [0.29, 0.717) is 6.04 Å². The highest BCUT2D eigenvalue weighted by Gasteiger charge is 2.27. The largest absolute Gasteiger partial charge is 0.327 e. The normalized spacial score (nSPS) is 33.2. The summed E-state index contributed by atoms with van der Waals surface area (Å²) in [7, 11) is 0. The van der Waals surface area contributed by atoms with Gasteiger partial charge < -0.3 is 5.73 Å². The molecule has 1 saturated carbocycles. The van der Waals surface area contributed by atoms with Gasteiger partial charge in [-0.25, -0.2) is 0 Å². The van der Waals surface area contributed by atoms with Gasteiger partial charge in [0, 0.05) is 11.3 Å². The van der Waals surface area contributed by atoms with Crippen molar-refractivity contribution >= 4 is 11.8 Å². The molecule has 2 heteroatoms. The lowest BCUT2D eigenvalue weighted by Crippen LogP contribution is -2.38. The minimum Gasteiger partial charge on any atom is -0.327 e. The van der Waals surface area contributed by atoms with Crippen LogP contribution in [0, 0.1) is 5.92 Å². The fourth-order valence-corrected chi connectivity index (χ4v) is 3.73. The molecule has 1 aliphatic carbocycles. The van der Waals surface area contributed by atoms with Crippen molar-refractivity contribution in [3.8, 4) is 0 Å². The van der Waals surface area contributed by atoms with Gasteiger partial charge in [-0.1, -0.05) is 26.7 Å². The monoisotopic (exact) mass is 215 g/mol.